The first-order valence-electron chi connectivity index (χ1n) is 24.7. The number of hydrogen-bond acceptors (Lipinski definition) is 12. The van der Waals surface area contributed by atoms with Crippen LogP contribution in [-0.4, -0.2) is 128 Å². The Hall–Kier alpha value is -6.48. The number of benzene rings is 3. The van der Waals surface area contributed by atoms with Crippen molar-refractivity contribution < 1.29 is 28.2 Å². The van der Waals surface area contributed by atoms with Gasteiger partial charge in [-0.2, -0.15) is 9.97 Å². The van der Waals surface area contributed by atoms with Crippen LogP contribution in [0.1, 0.15) is 69.9 Å². The molecule has 3 aromatic carbocycles. The molecule has 15 nitrogen and oxygen atoms in total. The van der Waals surface area contributed by atoms with Crippen molar-refractivity contribution in [3.05, 3.63) is 82.4 Å². The molecule has 5 aliphatic rings. The molecule has 4 saturated heterocycles. The highest BCUT2D eigenvalue weighted by Crippen LogP contribution is 2.47. The van der Waals surface area contributed by atoms with Gasteiger partial charge in [-0.1, -0.05) is 36.3 Å². The number of terminal acetylenes is 1. The number of carbonyl (C=O) groups excluding carboxylic acids is 2. The summed E-state index contributed by atoms with van der Waals surface area (Å²) in [5.74, 6) is 1.48. The Balaban J connectivity index is 0.741. The summed E-state index contributed by atoms with van der Waals surface area (Å²) in [7, 11) is 1.75. The van der Waals surface area contributed by atoms with Crippen molar-refractivity contribution in [3.8, 4) is 29.6 Å². The topological polar surface area (TPSA) is 154 Å². The zero-order chi connectivity index (χ0) is 48.5. The number of imidazole rings is 1. The maximum atomic E-state index is 17.0. The van der Waals surface area contributed by atoms with E-state index >= 15 is 4.39 Å². The van der Waals surface area contributed by atoms with Gasteiger partial charge in [0.2, 0.25) is 11.8 Å². The molecule has 5 fully saturated rings. The summed E-state index contributed by atoms with van der Waals surface area (Å²) in [5.41, 5.74) is 1.62. The fraction of sp³-hybridized carbons (Fsp3) is 0.472. The number of ether oxygens (including phenoxy) is 1. The van der Waals surface area contributed by atoms with E-state index in [4.69, 9.17) is 21.1 Å². The quantitative estimate of drug-likeness (QED) is 0.120. The summed E-state index contributed by atoms with van der Waals surface area (Å²) in [6.07, 6.45) is 13.4. The van der Waals surface area contributed by atoms with Gasteiger partial charge in [-0.15, -0.1) is 6.42 Å². The number of para-hydroxylation sites is 1. The Morgan fingerprint density at radius 2 is 1.70 bits per heavy atom. The van der Waals surface area contributed by atoms with Crippen LogP contribution in [0.3, 0.4) is 0 Å². The van der Waals surface area contributed by atoms with Gasteiger partial charge in [0, 0.05) is 88.4 Å². The molecule has 1 saturated carbocycles. The largest absolute Gasteiger partial charge is 0.463 e. The van der Waals surface area contributed by atoms with Crippen LogP contribution in [0.2, 0.25) is 0 Å². The molecule has 0 radical (unpaired) electrons. The van der Waals surface area contributed by atoms with E-state index in [1.54, 1.807) is 53.6 Å². The third kappa shape index (κ3) is 8.53. The highest BCUT2D eigenvalue weighted by atomic mass is 19.1. The number of piperazine rings is 1. The van der Waals surface area contributed by atoms with Crippen molar-refractivity contribution in [1.29, 1.82) is 0 Å². The van der Waals surface area contributed by atoms with Crippen LogP contribution < -0.4 is 25.5 Å². The first kappa shape index (κ1) is 45.9. The summed E-state index contributed by atoms with van der Waals surface area (Å²) in [4.78, 5) is 61.7. The number of likely N-dealkylation sites (tertiary alicyclic amines) is 1. The molecular weight excluding hydrogens is 895 g/mol. The maximum Gasteiger partial charge on any atom is 0.329 e. The average Bonchev–Trinajstić information content (AvgIpc) is 4.07. The van der Waals surface area contributed by atoms with Gasteiger partial charge in [0.25, 0.3) is 0 Å². The number of aromatic nitrogens is 5. The molecule has 11 rings (SSSR count). The fourth-order valence-electron chi connectivity index (χ4n) is 11.6. The lowest BCUT2D eigenvalue weighted by Crippen LogP contribution is -2.49. The van der Waals surface area contributed by atoms with Gasteiger partial charge in [-0.25, -0.2) is 13.6 Å². The first-order valence-corrected chi connectivity index (χ1v) is 24.7. The lowest BCUT2D eigenvalue weighted by Gasteiger charge is -2.40. The number of aryl methyl sites for hydroxylation is 1. The summed E-state index contributed by atoms with van der Waals surface area (Å²) in [6, 6.07) is 13.4. The number of piperidine rings is 3. The number of imide groups is 1. The standard InChI is InChI=1S/C53H58F2N10O5/c1-4-35-38(54)13-12-34-8-5-9-36(43(34)35)45-44(55)46-37(28-56-45)48(64-21-7-18-52(2,69)30-64)59-50(58-46)70-32-53(19-20-53)31-62-22-16-33(17-23-62)29-61-24-26-63(27-25-61)39-10-6-11-40-47(39)60(3)51(68)65(40)41-14-15-42(66)57-49(41)67/h1,5-6,8-13,28,33,41,69H,7,14-27,29-32H2,2-3H3,(H,57,66,67)/t41?,52-/m1/s1. The molecule has 0 bridgehead atoms. The second-order valence-electron chi connectivity index (χ2n) is 20.6. The molecule has 364 valence electrons. The van der Waals surface area contributed by atoms with Gasteiger partial charge in [-0.05, 0) is 94.5 Å². The number of halogens is 2. The molecule has 3 aromatic heterocycles. The summed E-state index contributed by atoms with van der Waals surface area (Å²) in [5, 5.41) is 14.9. The van der Waals surface area contributed by atoms with Gasteiger partial charge in [0.15, 0.2) is 5.82 Å². The van der Waals surface area contributed by atoms with Gasteiger partial charge in [0.1, 0.15) is 28.9 Å². The number of nitrogens with zero attached hydrogens (tertiary/aromatic N) is 9. The Morgan fingerprint density at radius 3 is 2.44 bits per heavy atom. The molecule has 7 heterocycles. The minimum absolute atomic E-state index is 0.00537. The Bertz CT molecular complexity index is 3160. The van der Waals surface area contributed by atoms with Crippen LogP contribution in [0, 0.1) is 35.3 Å². The number of β-amino-alcohol motifs (C(OH)–C–C–N with tert-alkyl or cyclic N) is 1. The molecule has 2 amide bonds. The number of aliphatic hydroxyl groups is 1. The minimum Gasteiger partial charge on any atom is -0.463 e. The first-order chi connectivity index (χ1) is 33.8. The Morgan fingerprint density at radius 1 is 0.914 bits per heavy atom. The normalized spacial score (nSPS) is 22.5. The molecule has 0 spiro atoms. The van der Waals surface area contributed by atoms with Crippen molar-refractivity contribution in [1.82, 2.24) is 39.2 Å². The number of anilines is 2. The van der Waals surface area contributed by atoms with Gasteiger partial charge >= 0.3 is 11.7 Å². The summed E-state index contributed by atoms with van der Waals surface area (Å²) >= 11 is 0. The van der Waals surface area contributed by atoms with Crippen molar-refractivity contribution >= 4 is 56.0 Å². The third-order valence-corrected chi connectivity index (χ3v) is 15.6. The third-order valence-electron chi connectivity index (χ3n) is 15.6. The fourth-order valence-corrected chi connectivity index (χ4v) is 11.6. The van der Waals surface area contributed by atoms with Crippen LogP contribution in [0.25, 0.3) is 44.0 Å². The van der Waals surface area contributed by atoms with Crippen LogP contribution >= 0.6 is 0 Å². The van der Waals surface area contributed by atoms with Crippen molar-refractivity contribution in [2.24, 2.45) is 18.4 Å². The Kier molecular flexibility index (Phi) is 11.8. The van der Waals surface area contributed by atoms with E-state index < -0.39 is 29.2 Å². The van der Waals surface area contributed by atoms with Crippen molar-refractivity contribution in [3.63, 3.8) is 0 Å². The van der Waals surface area contributed by atoms with E-state index in [0.717, 1.165) is 95.7 Å². The number of carbonyl (C=O) groups is 2. The highest BCUT2D eigenvalue weighted by molar-refractivity contribution is 6.02. The SMILES string of the molecule is C#Cc1c(F)ccc2cccc(-c3ncc4c(N5CCC[C@@](C)(O)C5)nc(OCC5(CN6CCC(CN7CCN(c8cccc9c8n(C)c(=O)n9C8CCC(=O)NC8=O)CC7)CC6)CC5)nc4c3F)c12. The van der Waals surface area contributed by atoms with Crippen LogP contribution in [-0.2, 0) is 16.6 Å². The van der Waals surface area contributed by atoms with E-state index in [0.29, 0.717) is 71.5 Å². The molecular formula is C53H58F2N10O5. The smallest absolute Gasteiger partial charge is 0.329 e. The molecule has 1 aliphatic carbocycles. The lowest BCUT2D eigenvalue weighted by molar-refractivity contribution is -0.135. The molecule has 2 atom stereocenters. The van der Waals surface area contributed by atoms with E-state index in [2.05, 4.69) is 37.0 Å². The predicted octanol–water partition coefficient (Wildman–Crippen LogP) is 5.78. The number of hydrogen-bond donors (Lipinski definition) is 2. The summed E-state index contributed by atoms with van der Waals surface area (Å²) < 4.78 is 41.7. The van der Waals surface area contributed by atoms with E-state index in [9.17, 15) is 23.9 Å². The number of rotatable bonds is 11. The van der Waals surface area contributed by atoms with E-state index in [1.165, 1.54) is 6.07 Å². The van der Waals surface area contributed by atoms with Crippen LogP contribution in [0.4, 0.5) is 20.3 Å². The molecule has 17 heteroatoms. The monoisotopic (exact) mass is 952 g/mol. The van der Waals surface area contributed by atoms with Gasteiger partial charge in [-0.3, -0.25) is 33.9 Å². The molecule has 6 aromatic rings. The predicted molar refractivity (Wildman–Crippen MR) is 264 cm³/mol. The van der Waals surface area contributed by atoms with Crippen LogP contribution in [0.5, 0.6) is 6.01 Å². The van der Waals surface area contributed by atoms with Crippen molar-refractivity contribution in [2.45, 2.75) is 69.9 Å². The average molecular weight is 953 g/mol. The number of fused-ring (bicyclic) bond motifs is 3. The molecule has 4 aliphatic heterocycles. The van der Waals surface area contributed by atoms with Gasteiger partial charge < -0.3 is 24.5 Å². The number of nitrogens with one attached hydrogen (secondary N) is 1. The summed E-state index contributed by atoms with van der Waals surface area (Å²) in [6.45, 7) is 10.5. The second kappa shape index (κ2) is 18.0. The zero-order valence-electron chi connectivity index (χ0n) is 39.7. The van der Waals surface area contributed by atoms with Crippen molar-refractivity contribution in [2.75, 3.05) is 81.9 Å². The maximum absolute atomic E-state index is 17.0. The minimum atomic E-state index is -0.960. The zero-order valence-corrected chi connectivity index (χ0v) is 39.7. The van der Waals surface area contributed by atoms with E-state index in [1.807, 2.05) is 17.0 Å². The molecule has 1 unspecified atom stereocenters. The molecule has 70 heavy (non-hydrogen) atoms. The van der Waals surface area contributed by atoms with Crippen LogP contribution in [0.15, 0.2) is 59.5 Å². The lowest BCUT2D eigenvalue weighted by atomic mass is 9.94. The second-order valence-corrected chi connectivity index (χ2v) is 20.6. The Labute approximate surface area is 404 Å². The van der Waals surface area contributed by atoms with Gasteiger partial charge in [0.05, 0.1) is 39.9 Å². The number of pyridine rings is 1. The number of amides is 2. The molecule has 2 N–H and O–H groups in total. The highest BCUT2D eigenvalue weighted by Gasteiger charge is 2.46. The van der Waals surface area contributed by atoms with E-state index in [-0.39, 0.29) is 46.2 Å².